The molecule has 414 valence electrons. The van der Waals surface area contributed by atoms with Crippen molar-refractivity contribution >= 4 is 17.9 Å². The van der Waals surface area contributed by atoms with Gasteiger partial charge in [-0.1, -0.05) is 212 Å². The Hall–Kier alpha value is -4.31. The number of likely N-dealkylation sites (N-methyl/N-ethyl adjacent to an activating group) is 1. The molecule has 2 unspecified atom stereocenters. The molecular weight excluding hydrogens is 911 g/mol. The van der Waals surface area contributed by atoms with E-state index in [2.05, 4.69) is 135 Å². The van der Waals surface area contributed by atoms with E-state index in [0.717, 1.165) is 122 Å². The van der Waals surface area contributed by atoms with Crippen molar-refractivity contribution in [2.24, 2.45) is 0 Å². The summed E-state index contributed by atoms with van der Waals surface area (Å²) in [6, 6.07) is 0. The third kappa shape index (κ3) is 55.3. The fourth-order valence-electron chi connectivity index (χ4n) is 7.36. The zero-order valence-corrected chi connectivity index (χ0v) is 47.0. The second-order valence-corrected chi connectivity index (χ2v) is 19.8. The van der Waals surface area contributed by atoms with Gasteiger partial charge in [0.2, 0.25) is 0 Å². The number of carbonyl (C=O) groups excluding carboxylic acids is 2. The van der Waals surface area contributed by atoms with Gasteiger partial charge in [0.15, 0.2) is 6.10 Å². The van der Waals surface area contributed by atoms with Crippen molar-refractivity contribution in [1.29, 1.82) is 0 Å². The number of nitrogens with zero attached hydrogens (tertiary/aromatic N) is 1. The van der Waals surface area contributed by atoms with E-state index in [0.29, 0.717) is 17.4 Å². The van der Waals surface area contributed by atoms with Gasteiger partial charge in [0.05, 0.1) is 34.4 Å². The summed E-state index contributed by atoms with van der Waals surface area (Å²) in [5.74, 6) is -2.04. The monoisotopic (exact) mass is 1020 g/mol. The molecule has 9 heteroatoms. The molecule has 0 fully saturated rings. The molecule has 73 heavy (non-hydrogen) atoms. The number of ether oxygens (including phenoxy) is 4. The van der Waals surface area contributed by atoms with Gasteiger partial charge in [-0.15, -0.1) is 0 Å². The van der Waals surface area contributed by atoms with Gasteiger partial charge in [0.1, 0.15) is 13.2 Å². The lowest BCUT2D eigenvalue weighted by Gasteiger charge is -2.25. The van der Waals surface area contributed by atoms with Crippen LogP contribution in [0, 0.1) is 0 Å². The SMILES string of the molecule is CC/C=C\C/C=C\C/C=C\C/C=C\C/C=C\CCCCCCCCCCCC(=O)OC(COC(=O)CCCCCCCCC/C=C\C/C=C\C/C=C\C/C=C\C/C=C\CC)COC(OCC[N+](C)(C)C)C(=O)O. The van der Waals surface area contributed by atoms with Crippen molar-refractivity contribution in [2.45, 2.75) is 219 Å². The molecule has 0 aromatic rings. The van der Waals surface area contributed by atoms with Gasteiger partial charge in [0, 0.05) is 12.8 Å². The molecule has 0 aliphatic rings. The first kappa shape index (κ1) is 68.7. The summed E-state index contributed by atoms with van der Waals surface area (Å²) in [7, 11) is 5.95. The van der Waals surface area contributed by atoms with E-state index in [9.17, 15) is 19.5 Å². The number of rotatable bonds is 51. The maximum atomic E-state index is 12.9. The standard InChI is InChI=1S/C64H105NO8/c1-6-8-10-12-14-16-18-20-22-24-26-28-30-31-33-35-37-39-41-43-45-47-49-51-53-55-62(67)73-60(59-72-64(63(68)69)70-57-56-65(3,4)5)58-71-61(66)54-52-50-48-46-44-42-40-38-36-34-32-29-27-25-23-21-19-17-15-13-11-9-7-2/h8-11,14-17,20-23,26-29,31,33-34,36,60,64H,6-7,12-13,18-19,24-25,30,32,35,37-59H2,1-5H3/p+1/b10-8-,11-9-,16-14-,17-15-,22-20-,23-21-,28-26-,29-27-,33-31-,36-34-. The fourth-order valence-corrected chi connectivity index (χ4v) is 7.36. The van der Waals surface area contributed by atoms with E-state index >= 15 is 0 Å². The molecule has 0 radical (unpaired) electrons. The number of carbonyl (C=O) groups is 3. The van der Waals surface area contributed by atoms with Crippen LogP contribution in [0.5, 0.6) is 0 Å². The fraction of sp³-hybridized carbons (Fsp3) is 0.641. The van der Waals surface area contributed by atoms with Crippen LogP contribution >= 0.6 is 0 Å². The van der Waals surface area contributed by atoms with Crippen molar-refractivity contribution in [3.05, 3.63) is 122 Å². The van der Waals surface area contributed by atoms with Gasteiger partial charge >= 0.3 is 17.9 Å². The van der Waals surface area contributed by atoms with Crippen molar-refractivity contribution < 1.29 is 42.9 Å². The number of allylic oxidation sites excluding steroid dienone is 20. The summed E-state index contributed by atoms with van der Waals surface area (Å²) >= 11 is 0. The summed E-state index contributed by atoms with van der Waals surface area (Å²) in [5.41, 5.74) is 0. The highest BCUT2D eigenvalue weighted by Crippen LogP contribution is 2.14. The van der Waals surface area contributed by atoms with E-state index in [1.807, 2.05) is 21.1 Å². The summed E-state index contributed by atoms with van der Waals surface area (Å²) in [6.45, 7) is 4.61. The van der Waals surface area contributed by atoms with Crippen LogP contribution in [0.1, 0.15) is 206 Å². The zero-order chi connectivity index (χ0) is 53.4. The zero-order valence-electron chi connectivity index (χ0n) is 47.0. The number of hydrogen-bond donors (Lipinski definition) is 1. The van der Waals surface area contributed by atoms with Crippen LogP contribution in [0.2, 0.25) is 0 Å². The molecule has 1 N–H and O–H groups in total. The Bertz CT molecular complexity index is 1610. The molecule has 2 atom stereocenters. The van der Waals surface area contributed by atoms with E-state index in [-0.39, 0.29) is 38.6 Å². The number of hydrogen-bond acceptors (Lipinski definition) is 7. The number of aliphatic carboxylic acids is 1. The third-order valence-electron chi connectivity index (χ3n) is 11.7. The number of carboxylic acid groups (broad SMARTS) is 1. The molecule has 0 amide bonds. The van der Waals surface area contributed by atoms with E-state index in [4.69, 9.17) is 18.9 Å². The largest absolute Gasteiger partial charge is 0.477 e. The van der Waals surface area contributed by atoms with Gasteiger partial charge in [-0.25, -0.2) is 4.79 Å². The lowest BCUT2D eigenvalue weighted by atomic mass is 10.1. The quantitative estimate of drug-likeness (QED) is 0.0211. The highest BCUT2D eigenvalue weighted by Gasteiger charge is 2.25. The summed E-state index contributed by atoms with van der Waals surface area (Å²) in [5, 5.41) is 9.71. The van der Waals surface area contributed by atoms with Crippen LogP contribution in [0.25, 0.3) is 0 Å². The summed E-state index contributed by atoms with van der Waals surface area (Å²) in [4.78, 5) is 37.4. The second kappa shape index (κ2) is 54.0. The van der Waals surface area contributed by atoms with E-state index in [1.165, 1.54) is 51.4 Å². The molecule has 0 aliphatic heterocycles. The van der Waals surface area contributed by atoms with Gasteiger partial charge in [-0.05, 0) is 103 Å². The van der Waals surface area contributed by atoms with Crippen molar-refractivity contribution in [1.82, 2.24) is 0 Å². The smallest absolute Gasteiger partial charge is 0.361 e. The molecule has 0 saturated heterocycles. The molecule has 0 rings (SSSR count). The first-order valence-corrected chi connectivity index (χ1v) is 28.7. The Morgan fingerprint density at radius 1 is 0.411 bits per heavy atom. The maximum absolute atomic E-state index is 12.9. The highest BCUT2D eigenvalue weighted by atomic mass is 16.7. The molecule has 0 saturated carbocycles. The lowest BCUT2D eigenvalue weighted by Crippen LogP contribution is -2.40. The maximum Gasteiger partial charge on any atom is 0.361 e. The molecule has 9 nitrogen and oxygen atoms in total. The Morgan fingerprint density at radius 3 is 1.10 bits per heavy atom. The predicted octanol–water partition coefficient (Wildman–Crippen LogP) is 16.9. The molecule has 0 heterocycles. The van der Waals surface area contributed by atoms with Crippen LogP contribution in [-0.4, -0.2) is 87.4 Å². The minimum absolute atomic E-state index is 0.177. The van der Waals surface area contributed by atoms with Crippen LogP contribution in [0.15, 0.2) is 122 Å². The van der Waals surface area contributed by atoms with E-state index in [1.54, 1.807) is 0 Å². The van der Waals surface area contributed by atoms with Gasteiger partial charge < -0.3 is 28.5 Å². The predicted molar refractivity (Wildman–Crippen MR) is 308 cm³/mol. The number of quaternary nitrogens is 1. The average molecular weight is 1020 g/mol. The van der Waals surface area contributed by atoms with Crippen molar-refractivity contribution in [3.63, 3.8) is 0 Å². The minimum atomic E-state index is -1.52. The first-order chi connectivity index (χ1) is 35.6. The average Bonchev–Trinajstić information content (AvgIpc) is 3.36. The lowest BCUT2D eigenvalue weighted by molar-refractivity contribution is -0.870. The minimum Gasteiger partial charge on any atom is -0.477 e. The Balaban J connectivity index is 4.33. The van der Waals surface area contributed by atoms with Gasteiger partial charge in [-0.2, -0.15) is 0 Å². The highest BCUT2D eigenvalue weighted by molar-refractivity contribution is 5.71. The summed E-state index contributed by atoms with van der Waals surface area (Å²) in [6.07, 6.45) is 72.6. The van der Waals surface area contributed by atoms with Crippen LogP contribution in [0.3, 0.4) is 0 Å². The van der Waals surface area contributed by atoms with E-state index < -0.39 is 24.3 Å². The molecule has 0 aliphatic carbocycles. The summed E-state index contributed by atoms with van der Waals surface area (Å²) < 4.78 is 22.9. The molecule has 0 bridgehead atoms. The number of unbranched alkanes of at least 4 members (excludes halogenated alkanes) is 16. The molecule has 0 aromatic heterocycles. The van der Waals surface area contributed by atoms with Crippen LogP contribution in [0.4, 0.5) is 0 Å². The second-order valence-electron chi connectivity index (χ2n) is 19.8. The first-order valence-electron chi connectivity index (χ1n) is 28.7. The number of carboxylic acids is 1. The van der Waals surface area contributed by atoms with Crippen molar-refractivity contribution in [2.75, 3.05) is 47.5 Å². The van der Waals surface area contributed by atoms with Crippen molar-refractivity contribution in [3.8, 4) is 0 Å². The Kier molecular flexibility index (Phi) is 50.8. The number of esters is 2. The molecular formula is C64H106NO8+. The Morgan fingerprint density at radius 2 is 0.740 bits per heavy atom. The molecule has 0 spiro atoms. The molecule has 0 aromatic carbocycles. The van der Waals surface area contributed by atoms with Gasteiger partial charge in [0.25, 0.3) is 6.29 Å². The topological polar surface area (TPSA) is 108 Å². The Labute approximate surface area is 447 Å². The van der Waals surface area contributed by atoms with Crippen LogP contribution in [-0.2, 0) is 33.3 Å². The third-order valence-corrected chi connectivity index (χ3v) is 11.7. The van der Waals surface area contributed by atoms with Crippen LogP contribution < -0.4 is 0 Å². The normalized spacial score (nSPS) is 13.7. The van der Waals surface area contributed by atoms with Gasteiger partial charge in [-0.3, -0.25) is 9.59 Å².